The molecule has 5 aliphatic carbocycles. The lowest BCUT2D eigenvalue weighted by molar-refractivity contribution is -0.249. The van der Waals surface area contributed by atoms with Crippen LogP contribution in [0.4, 0.5) is 0 Å². The average Bonchev–Trinajstić information content (AvgIpc) is 2.89. The average molecular weight is 375 g/mol. The third kappa shape index (κ3) is 2.79. The molecule has 2 nitrogen and oxygen atoms in total. The van der Waals surface area contributed by atoms with E-state index in [1.54, 1.807) is 0 Å². The van der Waals surface area contributed by atoms with Crippen molar-refractivity contribution in [3.05, 3.63) is 0 Å². The van der Waals surface area contributed by atoms with Crippen molar-refractivity contribution in [1.82, 2.24) is 0 Å². The summed E-state index contributed by atoms with van der Waals surface area (Å²) in [4.78, 5) is 0. The van der Waals surface area contributed by atoms with Gasteiger partial charge in [0.05, 0.1) is 11.7 Å². The Kier molecular flexibility index (Phi) is 4.35. The molecule has 0 radical (unpaired) electrons. The Morgan fingerprint density at radius 1 is 1.00 bits per heavy atom. The predicted molar refractivity (Wildman–Crippen MR) is 109 cm³/mol. The fourth-order valence-corrected chi connectivity index (χ4v) is 9.80. The molecule has 5 aliphatic rings. The molecule has 0 spiro atoms. The fourth-order valence-electron chi connectivity index (χ4n) is 9.80. The Bertz CT molecular complexity index is 565. The Balaban J connectivity index is 1.14. The van der Waals surface area contributed by atoms with E-state index in [9.17, 15) is 10.2 Å². The van der Waals surface area contributed by atoms with Crippen LogP contribution in [0.5, 0.6) is 0 Å². The van der Waals surface area contributed by atoms with Crippen LogP contribution in [0.15, 0.2) is 0 Å². The largest absolute Gasteiger partial charge is 0.393 e. The van der Waals surface area contributed by atoms with Crippen molar-refractivity contribution in [3.8, 4) is 0 Å². The van der Waals surface area contributed by atoms with Crippen molar-refractivity contribution in [2.24, 2.45) is 46.3 Å². The molecule has 2 N–H and O–H groups in total. The van der Waals surface area contributed by atoms with Gasteiger partial charge in [-0.25, -0.2) is 0 Å². The first kappa shape index (κ1) is 18.9. The summed E-state index contributed by atoms with van der Waals surface area (Å²) in [7, 11) is 0. The topological polar surface area (TPSA) is 40.5 Å². The van der Waals surface area contributed by atoms with Crippen molar-refractivity contribution in [1.29, 1.82) is 0 Å². The molecule has 27 heavy (non-hydrogen) atoms. The Morgan fingerprint density at radius 3 is 2.41 bits per heavy atom. The van der Waals surface area contributed by atoms with Gasteiger partial charge in [0.2, 0.25) is 0 Å². The fraction of sp³-hybridized carbons (Fsp3) is 1.00. The first-order valence-corrected chi connectivity index (χ1v) is 12.1. The minimum atomic E-state index is -0.369. The van der Waals surface area contributed by atoms with Gasteiger partial charge in [0.1, 0.15) is 0 Å². The summed E-state index contributed by atoms with van der Waals surface area (Å²) in [5.41, 5.74) is 0.730. The number of fused-ring (bicyclic) bond motifs is 1. The lowest BCUT2D eigenvalue weighted by atomic mass is 9.33. The molecule has 0 amide bonds. The standard InChI is InChI=1S/C25H42O2/c1-16(19-8-9-20-21(26)7-5-10-24(19,20)3)6-4-11-25-14-17-12-23(2,27)13-18(15-25)22(17)25/h16-22,26-27H,4-15H2,1-3H3/t16-,17?,18?,19?,20?,21+,22?,23?,24?,25?/m1/s1. The van der Waals surface area contributed by atoms with Gasteiger partial charge in [-0.1, -0.05) is 33.1 Å². The van der Waals surface area contributed by atoms with E-state index in [2.05, 4.69) is 20.8 Å². The highest BCUT2D eigenvalue weighted by atomic mass is 16.3. The van der Waals surface area contributed by atoms with Crippen LogP contribution in [0.1, 0.15) is 97.8 Å². The molecular weight excluding hydrogens is 332 g/mol. The third-order valence-electron chi connectivity index (χ3n) is 10.6. The van der Waals surface area contributed by atoms with E-state index in [0.717, 1.165) is 48.9 Å². The van der Waals surface area contributed by atoms with Crippen molar-refractivity contribution < 1.29 is 10.2 Å². The Morgan fingerprint density at radius 2 is 1.70 bits per heavy atom. The molecule has 7 atom stereocenters. The van der Waals surface area contributed by atoms with Gasteiger partial charge >= 0.3 is 0 Å². The van der Waals surface area contributed by atoms with Crippen molar-refractivity contribution in [2.75, 3.05) is 0 Å². The van der Waals surface area contributed by atoms with Gasteiger partial charge in [0, 0.05) is 0 Å². The van der Waals surface area contributed by atoms with Crippen LogP contribution < -0.4 is 0 Å². The summed E-state index contributed by atoms with van der Waals surface area (Å²) in [5, 5.41) is 21.0. The normalized spacial score (nSPS) is 57.2. The molecule has 0 aromatic heterocycles. The van der Waals surface area contributed by atoms with E-state index in [-0.39, 0.29) is 11.7 Å². The van der Waals surface area contributed by atoms with E-state index in [4.69, 9.17) is 0 Å². The summed E-state index contributed by atoms with van der Waals surface area (Å²) in [6.45, 7) is 7.09. The van der Waals surface area contributed by atoms with Crippen LogP contribution in [0, 0.1) is 46.3 Å². The number of hydrogen-bond acceptors (Lipinski definition) is 2. The van der Waals surface area contributed by atoms with Crippen LogP contribution in [0.25, 0.3) is 0 Å². The monoisotopic (exact) mass is 374 g/mol. The maximum Gasteiger partial charge on any atom is 0.0625 e. The second kappa shape index (κ2) is 6.21. The molecule has 0 heterocycles. The quantitative estimate of drug-likeness (QED) is 0.661. The Labute approximate surface area is 166 Å². The molecule has 0 aliphatic heterocycles. The first-order chi connectivity index (χ1) is 12.7. The van der Waals surface area contributed by atoms with E-state index in [0.29, 0.717) is 16.7 Å². The van der Waals surface area contributed by atoms with Crippen LogP contribution in [-0.2, 0) is 0 Å². The van der Waals surface area contributed by atoms with E-state index in [1.807, 2.05) is 0 Å². The van der Waals surface area contributed by atoms with Gasteiger partial charge in [-0.15, -0.1) is 0 Å². The molecule has 0 bridgehead atoms. The SMILES string of the molecule is C[C@H](CCCC12CC3CC(C)(O)CC(C1)C32)C1CCC2[C@@H](O)CCCC12C. The maximum absolute atomic E-state index is 10.5. The molecular formula is C25H42O2. The Hall–Kier alpha value is -0.0800. The summed E-state index contributed by atoms with van der Waals surface area (Å²) in [6.07, 6.45) is 15.4. The predicted octanol–water partition coefficient (Wildman–Crippen LogP) is 5.56. The number of aliphatic hydroxyl groups excluding tert-OH is 1. The van der Waals surface area contributed by atoms with Gasteiger partial charge in [-0.2, -0.15) is 0 Å². The van der Waals surface area contributed by atoms with E-state index in [1.165, 1.54) is 57.8 Å². The zero-order valence-electron chi connectivity index (χ0n) is 17.9. The van der Waals surface area contributed by atoms with Gasteiger partial charge in [0.25, 0.3) is 0 Å². The van der Waals surface area contributed by atoms with Crippen molar-refractivity contribution >= 4 is 0 Å². The molecule has 0 saturated heterocycles. The number of aliphatic hydroxyl groups is 2. The minimum absolute atomic E-state index is 0.0258. The molecule has 2 heteroatoms. The summed E-state index contributed by atoms with van der Waals surface area (Å²) in [6, 6.07) is 0. The lowest BCUT2D eigenvalue weighted by Gasteiger charge is -2.72. The first-order valence-electron chi connectivity index (χ1n) is 12.1. The highest BCUT2D eigenvalue weighted by molar-refractivity contribution is 5.17. The molecule has 5 rings (SSSR count). The molecule has 5 saturated carbocycles. The molecule has 5 unspecified atom stereocenters. The van der Waals surface area contributed by atoms with Crippen LogP contribution in [0.3, 0.4) is 0 Å². The van der Waals surface area contributed by atoms with Crippen molar-refractivity contribution in [3.63, 3.8) is 0 Å². The molecule has 154 valence electrons. The van der Waals surface area contributed by atoms with Gasteiger partial charge in [-0.05, 0) is 111 Å². The summed E-state index contributed by atoms with van der Waals surface area (Å²) >= 11 is 0. The van der Waals surface area contributed by atoms with E-state index >= 15 is 0 Å². The van der Waals surface area contributed by atoms with Crippen LogP contribution in [-0.4, -0.2) is 21.9 Å². The van der Waals surface area contributed by atoms with Crippen LogP contribution >= 0.6 is 0 Å². The number of hydrogen-bond donors (Lipinski definition) is 2. The minimum Gasteiger partial charge on any atom is -0.393 e. The molecule has 0 aromatic carbocycles. The highest BCUT2D eigenvalue weighted by Gasteiger charge is 2.67. The second-order valence-corrected chi connectivity index (χ2v) is 12.3. The second-order valence-electron chi connectivity index (χ2n) is 12.3. The smallest absolute Gasteiger partial charge is 0.0625 e. The summed E-state index contributed by atoms with van der Waals surface area (Å²) < 4.78 is 0. The highest BCUT2D eigenvalue weighted by Crippen LogP contribution is 2.74. The molecule has 0 aromatic rings. The van der Waals surface area contributed by atoms with Crippen molar-refractivity contribution in [2.45, 2.75) is 110 Å². The van der Waals surface area contributed by atoms with Gasteiger partial charge < -0.3 is 10.2 Å². The van der Waals surface area contributed by atoms with Gasteiger partial charge in [-0.3, -0.25) is 0 Å². The number of rotatable bonds is 5. The maximum atomic E-state index is 10.5. The zero-order valence-corrected chi connectivity index (χ0v) is 17.9. The third-order valence-corrected chi connectivity index (χ3v) is 10.6. The van der Waals surface area contributed by atoms with E-state index < -0.39 is 0 Å². The molecule has 5 fully saturated rings. The summed E-state index contributed by atoms with van der Waals surface area (Å²) in [5.74, 6) is 4.87. The zero-order chi connectivity index (χ0) is 19.0. The van der Waals surface area contributed by atoms with Crippen LogP contribution in [0.2, 0.25) is 0 Å². The lowest BCUT2D eigenvalue weighted by Crippen LogP contribution is -2.66. The van der Waals surface area contributed by atoms with Gasteiger partial charge in [0.15, 0.2) is 0 Å².